The number of fused-ring (bicyclic) bond motifs is 2. The summed E-state index contributed by atoms with van der Waals surface area (Å²) in [6, 6.07) is 14.7. The van der Waals surface area contributed by atoms with Crippen molar-refractivity contribution < 1.29 is 18.7 Å². The lowest BCUT2D eigenvalue weighted by Crippen LogP contribution is -2.30. The molecule has 2 N–H and O–H groups in total. The molecule has 1 aliphatic rings. The van der Waals surface area contributed by atoms with Gasteiger partial charge in [0.05, 0.1) is 17.0 Å². The summed E-state index contributed by atoms with van der Waals surface area (Å²) < 4.78 is 12.0. The number of hydrogen-bond acceptors (Lipinski definition) is 6. The van der Waals surface area contributed by atoms with E-state index in [2.05, 4.69) is 20.9 Å². The number of hydrogen-bond donors (Lipinski definition) is 1. The number of ether oxygens (including phenoxy) is 1. The number of benzene rings is 2. The highest BCUT2D eigenvalue weighted by molar-refractivity contribution is 9.10. The summed E-state index contributed by atoms with van der Waals surface area (Å²) in [6.07, 6.45) is 1.66. The number of carbonyl (C=O) groups excluding carboxylic acids is 2. The lowest BCUT2D eigenvalue weighted by molar-refractivity contribution is -0.119. The number of amides is 2. The zero-order chi connectivity index (χ0) is 24.0. The van der Waals surface area contributed by atoms with E-state index in [1.54, 1.807) is 54.7 Å². The maximum absolute atomic E-state index is 13.6. The maximum atomic E-state index is 13.6. The number of nitrogens with zero attached hydrogens (tertiary/aromatic N) is 2. The molecule has 1 aliphatic heterocycles. The third-order valence-corrected chi connectivity index (χ3v) is 6.04. The van der Waals surface area contributed by atoms with E-state index < -0.39 is 17.9 Å². The van der Waals surface area contributed by atoms with Gasteiger partial charge in [0.15, 0.2) is 12.0 Å². The fourth-order valence-electron chi connectivity index (χ4n) is 4.00. The van der Waals surface area contributed by atoms with Crippen molar-refractivity contribution in [1.29, 1.82) is 0 Å². The lowest BCUT2D eigenvalue weighted by Gasteiger charge is -2.24. The molecular weight excluding hydrogens is 502 g/mol. The molecule has 34 heavy (non-hydrogen) atoms. The van der Waals surface area contributed by atoms with Crippen molar-refractivity contribution in [1.82, 2.24) is 4.98 Å². The minimum Gasteiger partial charge on any atom is -0.484 e. The van der Waals surface area contributed by atoms with Crippen LogP contribution in [0, 0.1) is 6.92 Å². The molecule has 0 bridgehead atoms. The van der Waals surface area contributed by atoms with E-state index in [1.165, 1.54) is 4.90 Å². The number of anilines is 1. The van der Waals surface area contributed by atoms with Crippen LogP contribution in [0.2, 0.25) is 0 Å². The molecule has 2 aromatic carbocycles. The number of halogens is 1. The van der Waals surface area contributed by atoms with Gasteiger partial charge in [-0.1, -0.05) is 34.1 Å². The van der Waals surface area contributed by atoms with Crippen molar-refractivity contribution in [3.8, 4) is 5.75 Å². The second-order valence-electron chi connectivity index (χ2n) is 7.91. The first kappa shape index (κ1) is 21.8. The van der Waals surface area contributed by atoms with E-state index in [0.29, 0.717) is 28.1 Å². The normalized spacial score (nSPS) is 14.9. The van der Waals surface area contributed by atoms with Gasteiger partial charge in [0.25, 0.3) is 11.8 Å². The number of rotatable bonds is 5. The Morgan fingerprint density at radius 2 is 1.91 bits per heavy atom. The average Bonchev–Trinajstić information content (AvgIpc) is 3.11. The van der Waals surface area contributed by atoms with Crippen LogP contribution in [0.4, 0.5) is 5.82 Å². The van der Waals surface area contributed by atoms with Crippen LogP contribution in [0.5, 0.6) is 5.75 Å². The van der Waals surface area contributed by atoms with Gasteiger partial charge in [-0.2, -0.15) is 0 Å². The largest absolute Gasteiger partial charge is 0.484 e. The summed E-state index contributed by atoms with van der Waals surface area (Å²) in [6.45, 7) is 1.64. The Balaban J connectivity index is 1.69. The molecule has 4 aromatic rings. The van der Waals surface area contributed by atoms with E-state index in [1.807, 2.05) is 13.0 Å². The molecule has 1 unspecified atom stereocenters. The number of carbonyl (C=O) groups is 2. The molecule has 8 nitrogen and oxygen atoms in total. The fourth-order valence-corrected chi connectivity index (χ4v) is 4.36. The van der Waals surface area contributed by atoms with Crippen LogP contribution >= 0.6 is 15.9 Å². The Morgan fingerprint density at radius 1 is 1.15 bits per heavy atom. The first-order valence-electron chi connectivity index (χ1n) is 10.4. The monoisotopic (exact) mass is 519 g/mol. The van der Waals surface area contributed by atoms with Gasteiger partial charge in [-0.05, 0) is 54.4 Å². The second-order valence-corrected chi connectivity index (χ2v) is 8.83. The van der Waals surface area contributed by atoms with Gasteiger partial charge in [-0.3, -0.25) is 19.3 Å². The SMILES string of the molecule is Cc1ccc(N2C(=O)c3oc4ccc(Br)cc4c(=O)c3C2c2ccc(OCC(N)=O)cc2)nc1. The molecule has 5 rings (SSSR count). The van der Waals surface area contributed by atoms with Gasteiger partial charge in [0, 0.05) is 10.7 Å². The van der Waals surface area contributed by atoms with Crippen molar-refractivity contribution >= 4 is 44.5 Å². The summed E-state index contributed by atoms with van der Waals surface area (Å²) in [5.74, 6) is -0.229. The highest BCUT2D eigenvalue weighted by atomic mass is 79.9. The van der Waals surface area contributed by atoms with Crippen molar-refractivity contribution in [3.63, 3.8) is 0 Å². The molecule has 1 atom stereocenters. The number of primary amides is 1. The lowest BCUT2D eigenvalue weighted by atomic mass is 9.98. The van der Waals surface area contributed by atoms with Crippen molar-refractivity contribution in [2.45, 2.75) is 13.0 Å². The Hall–Kier alpha value is -3.98. The summed E-state index contributed by atoms with van der Waals surface area (Å²) in [5, 5.41) is 0.367. The summed E-state index contributed by atoms with van der Waals surface area (Å²) in [5.41, 5.74) is 7.01. The molecule has 0 saturated carbocycles. The number of pyridine rings is 1. The van der Waals surface area contributed by atoms with Gasteiger partial charge in [-0.15, -0.1) is 0 Å². The third kappa shape index (κ3) is 3.73. The zero-order valence-electron chi connectivity index (χ0n) is 17.9. The molecular formula is C25H18BrN3O5. The van der Waals surface area contributed by atoms with Crippen LogP contribution in [-0.2, 0) is 4.79 Å². The van der Waals surface area contributed by atoms with Gasteiger partial charge >= 0.3 is 0 Å². The predicted molar refractivity (Wildman–Crippen MR) is 129 cm³/mol. The van der Waals surface area contributed by atoms with Crippen LogP contribution in [0.25, 0.3) is 11.0 Å². The Kier molecular flexibility index (Phi) is 5.41. The van der Waals surface area contributed by atoms with Gasteiger partial charge in [0.1, 0.15) is 17.2 Å². The first-order chi connectivity index (χ1) is 16.3. The Morgan fingerprint density at radius 3 is 2.59 bits per heavy atom. The van der Waals surface area contributed by atoms with E-state index >= 15 is 0 Å². The van der Waals surface area contributed by atoms with Crippen molar-refractivity contribution in [2.75, 3.05) is 11.5 Å². The maximum Gasteiger partial charge on any atom is 0.296 e. The average molecular weight is 520 g/mol. The molecule has 0 spiro atoms. The number of aryl methyl sites for hydroxylation is 1. The van der Waals surface area contributed by atoms with Crippen LogP contribution in [-0.4, -0.2) is 23.4 Å². The molecule has 170 valence electrons. The number of aromatic nitrogens is 1. The zero-order valence-corrected chi connectivity index (χ0v) is 19.5. The quantitative estimate of drug-likeness (QED) is 0.427. The molecule has 0 fully saturated rings. The Labute approximate surface area is 202 Å². The molecule has 2 aromatic heterocycles. The van der Waals surface area contributed by atoms with Crippen LogP contribution in [0.3, 0.4) is 0 Å². The minimum absolute atomic E-state index is 0.0127. The van der Waals surface area contributed by atoms with Gasteiger partial charge < -0.3 is 14.9 Å². The first-order valence-corrected chi connectivity index (χ1v) is 11.2. The summed E-state index contributed by atoms with van der Waals surface area (Å²) in [7, 11) is 0. The topological polar surface area (TPSA) is 116 Å². The molecule has 2 amide bonds. The van der Waals surface area contributed by atoms with Crippen LogP contribution in [0.15, 0.2) is 74.5 Å². The fraction of sp³-hybridized carbons (Fsp3) is 0.120. The molecule has 3 heterocycles. The second kappa shape index (κ2) is 8.42. The standard InChI is InChI=1S/C25H18BrN3O5/c1-13-2-9-20(28-11-13)29-22(14-3-6-16(7-4-14)33-12-19(27)30)21-23(31)17-10-15(26)5-8-18(17)34-24(21)25(29)32/h2-11,22H,12H2,1H3,(H2,27,30). The Bertz CT molecular complexity index is 1500. The molecule has 0 aliphatic carbocycles. The van der Waals surface area contributed by atoms with E-state index in [9.17, 15) is 14.4 Å². The van der Waals surface area contributed by atoms with E-state index in [-0.39, 0.29) is 23.4 Å². The minimum atomic E-state index is -0.762. The smallest absolute Gasteiger partial charge is 0.296 e. The number of nitrogens with two attached hydrogens (primary N) is 1. The summed E-state index contributed by atoms with van der Waals surface area (Å²) >= 11 is 3.39. The van der Waals surface area contributed by atoms with Crippen molar-refractivity contribution in [3.05, 3.63) is 97.9 Å². The van der Waals surface area contributed by atoms with Gasteiger partial charge in [0.2, 0.25) is 5.76 Å². The molecule has 9 heteroatoms. The van der Waals surface area contributed by atoms with Gasteiger partial charge in [-0.25, -0.2) is 4.98 Å². The van der Waals surface area contributed by atoms with E-state index in [0.717, 1.165) is 10.0 Å². The third-order valence-electron chi connectivity index (χ3n) is 5.55. The predicted octanol–water partition coefficient (Wildman–Crippen LogP) is 3.87. The van der Waals surface area contributed by atoms with Crippen LogP contribution in [0.1, 0.15) is 33.3 Å². The van der Waals surface area contributed by atoms with E-state index in [4.69, 9.17) is 14.9 Å². The van der Waals surface area contributed by atoms with Crippen LogP contribution < -0.4 is 20.8 Å². The summed E-state index contributed by atoms with van der Waals surface area (Å²) in [4.78, 5) is 44.1. The highest BCUT2D eigenvalue weighted by Crippen LogP contribution is 2.41. The van der Waals surface area contributed by atoms with Crippen molar-refractivity contribution in [2.24, 2.45) is 5.73 Å². The molecule has 0 saturated heterocycles. The molecule has 0 radical (unpaired) electrons. The highest BCUT2D eigenvalue weighted by Gasteiger charge is 2.44.